The molecule has 0 bridgehead atoms. The van der Waals surface area contributed by atoms with Crippen LogP contribution in [0.1, 0.15) is 23.7 Å². The number of hydrogen-bond donors (Lipinski definition) is 1. The largest absolute Gasteiger partial charge is 0.462 e. The van der Waals surface area contributed by atoms with Crippen molar-refractivity contribution < 1.29 is 23.9 Å². The number of terminal acetylenes is 1. The van der Waals surface area contributed by atoms with Gasteiger partial charge in [0.15, 0.2) is 6.61 Å². The van der Waals surface area contributed by atoms with Crippen LogP contribution in [0.25, 0.3) is 0 Å². The zero-order valence-corrected chi connectivity index (χ0v) is 13.9. The number of esters is 1. The van der Waals surface area contributed by atoms with E-state index in [2.05, 4.69) is 11.2 Å². The van der Waals surface area contributed by atoms with E-state index < -0.39 is 18.1 Å². The first-order chi connectivity index (χ1) is 12.1. The van der Waals surface area contributed by atoms with Crippen molar-refractivity contribution in [2.75, 3.05) is 31.6 Å². The molecule has 1 saturated heterocycles. The molecule has 1 N–H and O–H groups in total. The zero-order valence-electron chi connectivity index (χ0n) is 13.9. The summed E-state index contributed by atoms with van der Waals surface area (Å²) in [5.41, 5.74) is 0.741. The molecule has 3 amide bonds. The second kappa shape index (κ2) is 8.59. The van der Waals surface area contributed by atoms with Gasteiger partial charge in [0.25, 0.3) is 0 Å². The number of benzene rings is 1. The summed E-state index contributed by atoms with van der Waals surface area (Å²) in [4.78, 5) is 36.1. The summed E-state index contributed by atoms with van der Waals surface area (Å²) in [6.07, 6.45) is 5.01. The molecule has 0 saturated carbocycles. The third-order valence-electron chi connectivity index (χ3n) is 3.38. The molecule has 0 aromatic heterocycles. The number of rotatable bonds is 4. The zero-order chi connectivity index (χ0) is 18.2. The fraction of sp³-hybridized carbons (Fsp3) is 0.353. The van der Waals surface area contributed by atoms with Crippen LogP contribution in [0.2, 0.25) is 0 Å². The Balaban J connectivity index is 2.03. The van der Waals surface area contributed by atoms with E-state index in [1.165, 1.54) is 16.1 Å². The van der Waals surface area contributed by atoms with E-state index in [1.54, 1.807) is 25.1 Å². The van der Waals surface area contributed by atoms with Crippen LogP contribution >= 0.6 is 0 Å². The molecule has 1 aromatic carbocycles. The third kappa shape index (κ3) is 4.64. The number of anilines is 1. The number of nitrogens with one attached hydrogen (secondary N) is 1. The Morgan fingerprint density at radius 1 is 1.24 bits per heavy atom. The Morgan fingerprint density at radius 2 is 2.00 bits per heavy atom. The van der Waals surface area contributed by atoms with E-state index in [0.717, 1.165) is 0 Å². The van der Waals surface area contributed by atoms with Crippen LogP contribution in [0.15, 0.2) is 24.3 Å². The van der Waals surface area contributed by atoms with Crippen molar-refractivity contribution in [3.63, 3.8) is 0 Å². The van der Waals surface area contributed by atoms with E-state index in [1.807, 2.05) is 0 Å². The lowest BCUT2D eigenvalue weighted by Crippen LogP contribution is -2.47. The topological polar surface area (TPSA) is 88.2 Å². The molecular weight excluding hydrogens is 326 g/mol. The minimum atomic E-state index is -0.675. The average Bonchev–Trinajstić information content (AvgIpc) is 3.10. The van der Waals surface area contributed by atoms with E-state index >= 15 is 0 Å². The van der Waals surface area contributed by atoms with Gasteiger partial charge in [-0.15, -0.1) is 6.42 Å². The number of carbonyl (C=O) groups excluding carboxylic acids is 3. The highest BCUT2D eigenvalue weighted by Gasteiger charge is 2.31. The van der Waals surface area contributed by atoms with Gasteiger partial charge in [0.1, 0.15) is 0 Å². The lowest BCUT2D eigenvalue weighted by atomic mass is 10.2. The molecule has 0 atom stereocenters. The summed E-state index contributed by atoms with van der Waals surface area (Å²) >= 11 is 0. The molecule has 2 rings (SSSR count). The predicted molar refractivity (Wildman–Crippen MR) is 89.6 cm³/mol. The van der Waals surface area contributed by atoms with Gasteiger partial charge in [0.05, 0.1) is 12.2 Å². The Labute approximate surface area is 145 Å². The van der Waals surface area contributed by atoms with Crippen LogP contribution in [0, 0.1) is 12.3 Å². The SMILES string of the molecule is C#CCOC(=O)N1CCCN1C(=O)Nc1cccc(C(=O)OCC)c1. The average molecular weight is 345 g/mol. The van der Waals surface area contributed by atoms with Gasteiger partial charge in [-0.25, -0.2) is 24.4 Å². The lowest BCUT2D eigenvalue weighted by Gasteiger charge is -2.26. The predicted octanol–water partition coefficient (Wildman–Crippen LogP) is 2.09. The van der Waals surface area contributed by atoms with Gasteiger partial charge in [-0.05, 0) is 31.5 Å². The van der Waals surface area contributed by atoms with Crippen LogP contribution in [0.4, 0.5) is 15.3 Å². The first-order valence-corrected chi connectivity index (χ1v) is 7.80. The maximum Gasteiger partial charge on any atom is 0.429 e. The quantitative estimate of drug-likeness (QED) is 0.667. The molecule has 8 nitrogen and oxygen atoms in total. The smallest absolute Gasteiger partial charge is 0.429 e. The Kier molecular flexibility index (Phi) is 6.23. The van der Waals surface area contributed by atoms with Gasteiger partial charge < -0.3 is 14.8 Å². The molecule has 1 heterocycles. The highest BCUT2D eigenvalue weighted by Crippen LogP contribution is 2.16. The monoisotopic (exact) mass is 345 g/mol. The number of ether oxygens (including phenoxy) is 2. The summed E-state index contributed by atoms with van der Waals surface area (Å²) in [5, 5.41) is 5.09. The van der Waals surface area contributed by atoms with Crippen molar-refractivity contribution in [3.05, 3.63) is 29.8 Å². The number of urea groups is 1. The number of amides is 3. The summed E-state index contributed by atoms with van der Waals surface area (Å²) < 4.78 is 9.78. The Hall–Kier alpha value is -3.21. The molecule has 132 valence electrons. The molecule has 1 aliphatic heterocycles. The summed E-state index contributed by atoms with van der Waals surface area (Å²) in [6.45, 7) is 2.54. The summed E-state index contributed by atoms with van der Waals surface area (Å²) in [7, 11) is 0. The first-order valence-electron chi connectivity index (χ1n) is 7.80. The van der Waals surface area contributed by atoms with Crippen LogP contribution in [0.3, 0.4) is 0 Å². The van der Waals surface area contributed by atoms with Crippen molar-refractivity contribution in [3.8, 4) is 12.3 Å². The van der Waals surface area contributed by atoms with Crippen LogP contribution in [0.5, 0.6) is 0 Å². The molecule has 0 aliphatic carbocycles. The minimum Gasteiger partial charge on any atom is -0.462 e. The molecule has 8 heteroatoms. The lowest BCUT2D eigenvalue weighted by molar-refractivity contribution is 0.0456. The van der Waals surface area contributed by atoms with Gasteiger partial charge in [-0.1, -0.05) is 12.0 Å². The molecule has 1 fully saturated rings. The molecule has 1 aromatic rings. The van der Waals surface area contributed by atoms with E-state index in [-0.39, 0.29) is 13.2 Å². The van der Waals surface area contributed by atoms with Gasteiger partial charge in [-0.2, -0.15) is 0 Å². The Morgan fingerprint density at radius 3 is 2.72 bits per heavy atom. The van der Waals surface area contributed by atoms with Gasteiger partial charge in [-0.3, -0.25) is 0 Å². The van der Waals surface area contributed by atoms with E-state index in [9.17, 15) is 14.4 Å². The van der Waals surface area contributed by atoms with Crippen LogP contribution in [-0.2, 0) is 9.47 Å². The fourth-order valence-corrected chi connectivity index (χ4v) is 2.32. The van der Waals surface area contributed by atoms with Gasteiger partial charge in [0.2, 0.25) is 0 Å². The summed E-state index contributed by atoms with van der Waals surface area (Å²) in [5.74, 6) is 1.73. The molecule has 0 unspecified atom stereocenters. The molecule has 0 radical (unpaired) electrons. The van der Waals surface area contributed by atoms with Crippen LogP contribution in [-0.4, -0.2) is 54.4 Å². The van der Waals surface area contributed by atoms with Crippen molar-refractivity contribution in [1.29, 1.82) is 0 Å². The molecule has 0 spiro atoms. The second-order valence-corrected chi connectivity index (χ2v) is 5.09. The standard InChI is InChI=1S/C17H19N3O5/c1-3-11-25-17(23)20-10-6-9-19(20)16(22)18-14-8-5-7-13(12-14)15(21)24-4-2/h1,5,7-8,12H,4,6,9-11H2,2H3,(H,18,22). The number of carbonyl (C=O) groups is 3. The minimum absolute atomic E-state index is 0.160. The van der Waals surface area contributed by atoms with E-state index in [0.29, 0.717) is 30.8 Å². The third-order valence-corrected chi connectivity index (χ3v) is 3.38. The van der Waals surface area contributed by atoms with Crippen LogP contribution < -0.4 is 5.32 Å². The second-order valence-electron chi connectivity index (χ2n) is 5.09. The maximum atomic E-state index is 12.4. The van der Waals surface area contributed by atoms with Crippen molar-refractivity contribution in [1.82, 2.24) is 10.0 Å². The highest BCUT2D eigenvalue weighted by atomic mass is 16.6. The van der Waals surface area contributed by atoms with Crippen molar-refractivity contribution >= 4 is 23.8 Å². The van der Waals surface area contributed by atoms with Crippen molar-refractivity contribution in [2.45, 2.75) is 13.3 Å². The fourth-order valence-electron chi connectivity index (χ4n) is 2.32. The summed E-state index contributed by atoms with van der Waals surface area (Å²) in [6, 6.07) is 5.86. The van der Waals surface area contributed by atoms with Gasteiger partial charge in [0, 0.05) is 18.8 Å². The Bertz CT molecular complexity index is 698. The maximum absolute atomic E-state index is 12.4. The molecular formula is C17H19N3O5. The normalized spacial score (nSPS) is 13.1. The highest BCUT2D eigenvalue weighted by molar-refractivity contribution is 5.94. The van der Waals surface area contributed by atoms with E-state index in [4.69, 9.17) is 15.9 Å². The molecule has 25 heavy (non-hydrogen) atoms. The van der Waals surface area contributed by atoms with Gasteiger partial charge >= 0.3 is 18.1 Å². The number of nitrogens with zero attached hydrogens (tertiary/aromatic N) is 2. The first kappa shape index (κ1) is 18.1. The van der Waals surface area contributed by atoms with Crippen molar-refractivity contribution in [2.24, 2.45) is 0 Å². The number of hydrazine groups is 1. The molecule has 1 aliphatic rings. The number of hydrogen-bond acceptors (Lipinski definition) is 5.